The molecule has 4 heteroatoms. The molecule has 0 spiro atoms. The van der Waals surface area contributed by atoms with E-state index in [4.69, 9.17) is 9.47 Å². The van der Waals surface area contributed by atoms with Crippen molar-refractivity contribution in [2.24, 2.45) is 5.92 Å². The molecule has 0 aliphatic carbocycles. The van der Waals surface area contributed by atoms with Gasteiger partial charge in [-0.05, 0) is 30.0 Å². The number of hydrogen-bond donors (Lipinski definition) is 1. The Morgan fingerprint density at radius 1 is 1.30 bits per heavy atom. The quantitative estimate of drug-likeness (QED) is 0.833. The predicted octanol–water partition coefficient (Wildman–Crippen LogP) is 2.73. The normalized spacial score (nSPS) is 15.7. The molecule has 112 valence electrons. The zero-order valence-corrected chi connectivity index (χ0v) is 13.0. The van der Waals surface area contributed by atoms with Crippen molar-refractivity contribution in [3.63, 3.8) is 0 Å². The van der Waals surface area contributed by atoms with Crippen molar-refractivity contribution < 1.29 is 9.47 Å². The largest absolute Gasteiger partial charge is 0.469 e. The molecule has 0 saturated carbocycles. The lowest BCUT2D eigenvalue weighted by molar-refractivity contribution is -0.0814. The maximum atomic E-state index is 5.85. The van der Waals surface area contributed by atoms with E-state index in [9.17, 15) is 0 Å². The third kappa shape index (κ3) is 4.46. The average molecular weight is 278 g/mol. The summed E-state index contributed by atoms with van der Waals surface area (Å²) in [6, 6.07) is 4.21. The minimum absolute atomic E-state index is 0.168. The summed E-state index contributed by atoms with van der Waals surface area (Å²) in [6.07, 6.45) is 0.168. The van der Waals surface area contributed by atoms with Gasteiger partial charge < -0.3 is 14.8 Å². The maximum absolute atomic E-state index is 5.85. The van der Waals surface area contributed by atoms with Crippen molar-refractivity contribution in [2.75, 3.05) is 19.8 Å². The van der Waals surface area contributed by atoms with Gasteiger partial charge in [0, 0.05) is 18.3 Å². The Labute approximate surface area is 121 Å². The molecule has 1 aliphatic heterocycles. The minimum Gasteiger partial charge on any atom is -0.469 e. The van der Waals surface area contributed by atoms with Gasteiger partial charge in [-0.15, -0.1) is 0 Å². The molecule has 0 aromatic carbocycles. The molecular formula is C16H26N2O2. The highest BCUT2D eigenvalue weighted by Crippen LogP contribution is 2.21. The first-order chi connectivity index (χ1) is 9.54. The number of ether oxygens (including phenoxy) is 2. The van der Waals surface area contributed by atoms with Gasteiger partial charge in [-0.1, -0.05) is 27.7 Å². The number of aromatic nitrogens is 1. The summed E-state index contributed by atoms with van der Waals surface area (Å²) < 4.78 is 11.0. The summed E-state index contributed by atoms with van der Waals surface area (Å²) in [5.41, 5.74) is 2.32. The van der Waals surface area contributed by atoms with Crippen molar-refractivity contribution in [3.8, 4) is 5.88 Å². The van der Waals surface area contributed by atoms with Gasteiger partial charge in [-0.2, -0.15) is 0 Å². The van der Waals surface area contributed by atoms with Crippen LogP contribution in [0.5, 0.6) is 5.88 Å². The van der Waals surface area contributed by atoms with Gasteiger partial charge in [0.25, 0.3) is 0 Å². The van der Waals surface area contributed by atoms with Crippen molar-refractivity contribution in [3.05, 3.63) is 23.4 Å². The van der Waals surface area contributed by atoms with Crippen LogP contribution in [0.1, 0.15) is 44.9 Å². The fourth-order valence-electron chi connectivity index (χ4n) is 2.00. The summed E-state index contributed by atoms with van der Waals surface area (Å²) in [6.45, 7) is 12.0. The molecule has 1 saturated heterocycles. The van der Waals surface area contributed by atoms with Crippen LogP contribution in [0.15, 0.2) is 12.1 Å². The van der Waals surface area contributed by atoms with Crippen LogP contribution in [-0.2, 0) is 11.3 Å². The second-order valence-corrected chi connectivity index (χ2v) is 6.20. The Morgan fingerprint density at radius 2 is 2.05 bits per heavy atom. The summed E-state index contributed by atoms with van der Waals surface area (Å²) in [5, 5.41) is 3.47. The summed E-state index contributed by atoms with van der Waals surface area (Å²) >= 11 is 0. The zero-order chi connectivity index (χ0) is 14.5. The van der Waals surface area contributed by atoms with E-state index in [1.54, 1.807) is 0 Å². The Balaban J connectivity index is 2.04. The lowest BCUT2D eigenvalue weighted by Gasteiger charge is -2.26. The van der Waals surface area contributed by atoms with Crippen LogP contribution in [0.2, 0.25) is 0 Å². The molecule has 0 bridgehead atoms. The molecule has 0 amide bonds. The molecule has 1 fully saturated rings. The number of rotatable bonds is 7. The first-order valence-corrected chi connectivity index (χ1v) is 7.50. The average Bonchev–Trinajstić information content (AvgIpc) is 2.33. The fourth-order valence-corrected chi connectivity index (χ4v) is 2.00. The molecule has 0 atom stereocenters. The van der Waals surface area contributed by atoms with E-state index in [0.717, 1.165) is 24.7 Å². The Morgan fingerprint density at radius 3 is 2.60 bits per heavy atom. The van der Waals surface area contributed by atoms with E-state index < -0.39 is 0 Å². The number of nitrogens with one attached hydrogen (secondary N) is 1. The summed E-state index contributed by atoms with van der Waals surface area (Å²) in [4.78, 5) is 4.59. The monoisotopic (exact) mass is 278 g/mol. The summed E-state index contributed by atoms with van der Waals surface area (Å²) in [7, 11) is 0. The molecule has 20 heavy (non-hydrogen) atoms. The highest BCUT2D eigenvalue weighted by atomic mass is 16.6. The molecule has 1 aromatic heterocycles. The smallest absolute Gasteiger partial charge is 0.214 e. The van der Waals surface area contributed by atoms with Crippen LogP contribution in [0.3, 0.4) is 0 Å². The highest BCUT2D eigenvalue weighted by molar-refractivity contribution is 5.27. The zero-order valence-electron chi connectivity index (χ0n) is 13.0. The van der Waals surface area contributed by atoms with Gasteiger partial charge in [0.1, 0.15) is 6.10 Å². The molecular weight excluding hydrogens is 252 g/mol. The van der Waals surface area contributed by atoms with E-state index in [1.807, 2.05) is 6.07 Å². The van der Waals surface area contributed by atoms with Crippen molar-refractivity contribution in [2.45, 2.75) is 46.3 Å². The lowest BCUT2D eigenvalue weighted by atomic mass is 10.1. The van der Waals surface area contributed by atoms with E-state index in [0.29, 0.717) is 25.0 Å². The van der Waals surface area contributed by atoms with Crippen LogP contribution in [0, 0.1) is 5.92 Å². The van der Waals surface area contributed by atoms with Crippen LogP contribution < -0.4 is 10.1 Å². The molecule has 0 radical (unpaired) electrons. The van der Waals surface area contributed by atoms with Crippen LogP contribution >= 0.6 is 0 Å². The fraction of sp³-hybridized carbons (Fsp3) is 0.688. The van der Waals surface area contributed by atoms with E-state index in [2.05, 4.69) is 44.1 Å². The predicted molar refractivity (Wildman–Crippen MR) is 80.1 cm³/mol. The van der Waals surface area contributed by atoms with Gasteiger partial charge in [-0.25, -0.2) is 4.98 Å². The maximum Gasteiger partial charge on any atom is 0.214 e. The Hall–Kier alpha value is -1.13. The van der Waals surface area contributed by atoms with Gasteiger partial charge in [0.05, 0.1) is 13.2 Å². The van der Waals surface area contributed by atoms with Crippen LogP contribution in [-0.4, -0.2) is 30.8 Å². The molecule has 1 N–H and O–H groups in total. The van der Waals surface area contributed by atoms with Crippen molar-refractivity contribution >= 4 is 0 Å². The molecule has 4 nitrogen and oxygen atoms in total. The molecule has 2 heterocycles. The number of hydrogen-bond acceptors (Lipinski definition) is 4. The SMILES string of the molecule is CC(C)CNCc1cc(OC2COC2)nc(C(C)C)c1. The van der Waals surface area contributed by atoms with Gasteiger partial charge in [0.2, 0.25) is 5.88 Å². The number of pyridine rings is 1. The van der Waals surface area contributed by atoms with Gasteiger partial charge in [0.15, 0.2) is 0 Å². The molecule has 1 aliphatic rings. The lowest BCUT2D eigenvalue weighted by Crippen LogP contribution is -2.38. The summed E-state index contributed by atoms with van der Waals surface area (Å²) in [5.74, 6) is 1.79. The molecule has 2 rings (SSSR count). The van der Waals surface area contributed by atoms with E-state index in [-0.39, 0.29) is 6.10 Å². The van der Waals surface area contributed by atoms with Crippen LogP contribution in [0.4, 0.5) is 0 Å². The second-order valence-electron chi connectivity index (χ2n) is 6.20. The van der Waals surface area contributed by atoms with Crippen LogP contribution in [0.25, 0.3) is 0 Å². The Kier molecular flexibility index (Phi) is 5.38. The first-order valence-electron chi connectivity index (χ1n) is 7.50. The Bertz CT molecular complexity index is 428. The minimum atomic E-state index is 0.168. The van der Waals surface area contributed by atoms with E-state index in [1.165, 1.54) is 5.56 Å². The third-order valence-electron chi connectivity index (χ3n) is 3.25. The standard InChI is InChI=1S/C16H26N2O2/c1-11(2)7-17-8-13-5-15(12(3)4)18-16(6-13)20-14-9-19-10-14/h5-6,11-12,14,17H,7-10H2,1-4H3. The second kappa shape index (κ2) is 7.04. The first kappa shape index (κ1) is 15.3. The molecule has 1 aromatic rings. The third-order valence-corrected chi connectivity index (χ3v) is 3.25. The molecule has 0 unspecified atom stereocenters. The number of nitrogens with zero attached hydrogens (tertiary/aromatic N) is 1. The van der Waals surface area contributed by atoms with Gasteiger partial charge >= 0.3 is 0 Å². The van der Waals surface area contributed by atoms with E-state index >= 15 is 0 Å². The highest BCUT2D eigenvalue weighted by Gasteiger charge is 2.21. The van der Waals surface area contributed by atoms with Crippen molar-refractivity contribution in [1.29, 1.82) is 0 Å². The van der Waals surface area contributed by atoms with Gasteiger partial charge in [-0.3, -0.25) is 0 Å². The topological polar surface area (TPSA) is 43.4 Å². The van der Waals surface area contributed by atoms with Crippen molar-refractivity contribution in [1.82, 2.24) is 10.3 Å².